The monoisotopic (exact) mass is 210 g/mol. The number of imidazole rings is 1. The summed E-state index contributed by atoms with van der Waals surface area (Å²) >= 11 is 0. The molecule has 0 unspecified atom stereocenters. The number of H-pyrrole nitrogens is 1. The quantitative estimate of drug-likeness (QED) is 0.706. The van der Waals surface area contributed by atoms with Crippen LogP contribution in [0.2, 0.25) is 0 Å². The van der Waals surface area contributed by atoms with Gasteiger partial charge in [0.1, 0.15) is 0 Å². The fourth-order valence-corrected chi connectivity index (χ4v) is 1.90. The Morgan fingerprint density at radius 3 is 2.36 bits per heavy atom. The Morgan fingerprint density at radius 1 is 1.07 bits per heavy atom. The molecule has 2 heterocycles. The molecular formula is C7H6N4O2S. The minimum absolute atomic E-state index is 0.149. The van der Waals surface area contributed by atoms with Crippen LogP contribution in [0.4, 0.5) is 0 Å². The summed E-state index contributed by atoms with van der Waals surface area (Å²) in [5.74, 6) is 0. The number of hydrogen-bond acceptors (Lipinski definition) is 5. The van der Waals surface area contributed by atoms with Gasteiger partial charge in [0.15, 0.2) is 0 Å². The van der Waals surface area contributed by atoms with Crippen molar-refractivity contribution in [1.82, 2.24) is 19.9 Å². The molecule has 0 aliphatic heterocycles. The van der Waals surface area contributed by atoms with Crippen molar-refractivity contribution in [1.29, 1.82) is 0 Å². The Morgan fingerprint density at radius 2 is 1.79 bits per heavy atom. The third kappa shape index (κ3) is 1.37. The van der Waals surface area contributed by atoms with E-state index in [2.05, 4.69) is 19.9 Å². The molecule has 1 N–H and O–H groups in total. The molecule has 7 heteroatoms. The molecule has 2 aromatic heterocycles. The van der Waals surface area contributed by atoms with E-state index in [0.717, 1.165) is 0 Å². The molecule has 0 spiro atoms. The first-order chi connectivity index (χ1) is 6.71. The van der Waals surface area contributed by atoms with Crippen molar-refractivity contribution in [3.8, 4) is 0 Å². The highest BCUT2D eigenvalue weighted by Crippen LogP contribution is 2.10. The molecule has 0 aliphatic carbocycles. The highest BCUT2D eigenvalue weighted by atomic mass is 32.2. The SMILES string of the molecule is O=S(=O)(c1ncccn1)c1ncc[nH]1. The first kappa shape index (κ1) is 8.82. The zero-order valence-electron chi connectivity index (χ0n) is 6.95. The number of aromatic nitrogens is 4. The first-order valence-corrected chi connectivity index (χ1v) is 5.21. The maximum absolute atomic E-state index is 11.7. The maximum Gasteiger partial charge on any atom is 0.275 e. The Hall–Kier alpha value is -1.76. The van der Waals surface area contributed by atoms with Gasteiger partial charge in [-0.25, -0.2) is 23.4 Å². The van der Waals surface area contributed by atoms with Crippen molar-refractivity contribution in [3.63, 3.8) is 0 Å². The summed E-state index contributed by atoms with van der Waals surface area (Å²) in [7, 11) is -3.68. The number of nitrogens with zero attached hydrogens (tertiary/aromatic N) is 3. The smallest absolute Gasteiger partial charge is 0.275 e. The molecule has 0 aliphatic rings. The van der Waals surface area contributed by atoms with Crippen LogP contribution in [-0.4, -0.2) is 28.4 Å². The van der Waals surface area contributed by atoms with Gasteiger partial charge in [0.05, 0.1) is 0 Å². The van der Waals surface area contributed by atoms with Gasteiger partial charge < -0.3 is 4.98 Å². The number of rotatable bonds is 2. The minimum Gasteiger partial charge on any atom is -0.335 e. The third-order valence-corrected chi connectivity index (χ3v) is 2.93. The predicted octanol–water partition coefficient (Wildman–Crippen LogP) is 0.0325. The lowest BCUT2D eigenvalue weighted by Crippen LogP contribution is -2.08. The van der Waals surface area contributed by atoms with Gasteiger partial charge in [-0.05, 0) is 6.07 Å². The predicted molar refractivity (Wildman–Crippen MR) is 46.1 cm³/mol. The summed E-state index contributed by atoms with van der Waals surface area (Å²) in [6.45, 7) is 0. The summed E-state index contributed by atoms with van der Waals surface area (Å²) in [6, 6.07) is 1.54. The van der Waals surface area contributed by atoms with Crippen LogP contribution in [0.1, 0.15) is 0 Å². The second-order valence-electron chi connectivity index (χ2n) is 2.43. The minimum atomic E-state index is -3.68. The normalized spacial score (nSPS) is 11.4. The molecular weight excluding hydrogens is 204 g/mol. The highest BCUT2D eigenvalue weighted by Gasteiger charge is 2.22. The van der Waals surface area contributed by atoms with E-state index in [1.54, 1.807) is 6.07 Å². The Labute approximate surface area is 80.0 Å². The van der Waals surface area contributed by atoms with Gasteiger partial charge in [-0.15, -0.1) is 0 Å². The Bertz CT molecular complexity index is 506. The zero-order chi connectivity index (χ0) is 10.0. The van der Waals surface area contributed by atoms with Gasteiger partial charge >= 0.3 is 0 Å². The van der Waals surface area contributed by atoms with E-state index in [9.17, 15) is 8.42 Å². The Kier molecular flexibility index (Phi) is 2.01. The van der Waals surface area contributed by atoms with Crippen LogP contribution < -0.4 is 0 Å². The van der Waals surface area contributed by atoms with E-state index in [4.69, 9.17) is 0 Å². The van der Waals surface area contributed by atoms with E-state index in [1.165, 1.54) is 24.8 Å². The van der Waals surface area contributed by atoms with Gasteiger partial charge in [0.25, 0.3) is 15.0 Å². The molecule has 0 saturated carbocycles. The lowest BCUT2D eigenvalue weighted by molar-refractivity contribution is 0.579. The van der Waals surface area contributed by atoms with Gasteiger partial charge in [-0.3, -0.25) is 0 Å². The molecule has 0 atom stereocenters. The van der Waals surface area contributed by atoms with Crippen LogP contribution in [0.3, 0.4) is 0 Å². The fraction of sp³-hybridized carbons (Fsp3) is 0. The van der Waals surface area contributed by atoms with Crippen molar-refractivity contribution in [2.24, 2.45) is 0 Å². The van der Waals surface area contributed by atoms with E-state index in [0.29, 0.717) is 0 Å². The average Bonchev–Trinajstić information content (AvgIpc) is 2.72. The molecule has 0 aromatic carbocycles. The van der Waals surface area contributed by atoms with E-state index in [-0.39, 0.29) is 10.3 Å². The van der Waals surface area contributed by atoms with Gasteiger partial charge in [0.2, 0.25) is 5.16 Å². The van der Waals surface area contributed by atoms with Crippen LogP contribution in [0.5, 0.6) is 0 Å². The molecule has 2 aromatic rings. The van der Waals surface area contributed by atoms with Crippen molar-refractivity contribution in [2.45, 2.75) is 10.3 Å². The Balaban J connectivity index is 2.55. The van der Waals surface area contributed by atoms with Crippen LogP contribution in [-0.2, 0) is 9.84 Å². The molecule has 0 amide bonds. The summed E-state index contributed by atoms with van der Waals surface area (Å²) in [6.07, 6.45) is 5.51. The first-order valence-electron chi connectivity index (χ1n) is 3.73. The zero-order valence-corrected chi connectivity index (χ0v) is 7.77. The fourth-order valence-electron chi connectivity index (χ4n) is 0.908. The maximum atomic E-state index is 11.7. The molecule has 2 rings (SSSR count). The summed E-state index contributed by atoms with van der Waals surface area (Å²) < 4.78 is 23.4. The lowest BCUT2D eigenvalue weighted by atomic mass is 10.7. The van der Waals surface area contributed by atoms with Gasteiger partial charge in [-0.2, -0.15) is 0 Å². The number of hydrogen-bond donors (Lipinski definition) is 1. The lowest BCUT2D eigenvalue weighted by Gasteiger charge is -1.96. The van der Waals surface area contributed by atoms with Crippen molar-refractivity contribution >= 4 is 9.84 Å². The molecule has 6 nitrogen and oxygen atoms in total. The van der Waals surface area contributed by atoms with E-state index < -0.39 is 9.84 Å². The highest BCUT2D eigenvalue weighted by molar-refractivity contribution is 7.91. The number of aromatic amines is 1. The second-order valence-corrected chi connectivity index (χ2v) is 4.19. The molecule has 14 heavy (non-hydrogen) atoms. The standard InChI is InChI=1S/C7H6N4O2S/c12-14(13,7-10-4-5-11-7)6-8-2-1-3-9-6/h1-5H,(H,10,11). The summed E-state index contributed by atoms with van der Waals surface area (Å²) in [5.41, 5.74) is 0. The topological polar surface area (TPSA) is 88.6 Å². The summed E-state index contributed by atoms with van der Waals surface area (Å²) in [5, 5.41) is -0.404. The molecule has 0 fully saturated rings. The third-order valence-electron chi connectivity index (χ3n) is 1.51. The van der Waals surface area contributed by atoms with Crippen LogP contribution in [0, 0.1) is 0 Å². The second kappa shape index (κ2) is 3.18. The van der Waals surface area contributed by atoms with Crippen molar-refractivity contribution in [2.75, 3.05) is 0 Å². The van der Waals surface area contributed by atoms with Gasteiger partial charge in [-0.1, -0.05) is 0 Å². The molecule has 72 valence electrons. The molecule has 0 bridgehead atoms. The van der Waals surface area contributed by atoms with Crippen LogP contribution in [0.15, 0.2) is 41.2 Å². The number of sulfone groups is 1. The van der Waals surface area contributed by atoms with Crippen molar-refractivity contribution in [3.05, 3.63) is 30.9 Å². The summed E-state index contributed by atoms with van der Waals surface area (Å²) in [4.78, 5) is 13.4. The van der Waals surface area contributed by atoms with Gasteiger partial charge in [0, 0.05) is 24.8 Å². The average molecular weight is 210 g/mol. The van der Waals surface area contributed by atoms with E-state index >= 15 is 0 Å². The molecule has 0 saturated heterocycles. The van der Waals surface area contributed by atoms with Crippen LogP contribution >= 0.6 is 0 Å². The van der Waals surface area contributed by atoms with Crippen LogP contribution in [0.25, 0.3) is 0 Å². The number of nitrogens with one attached hydrogen (secondary N) is 1. The van der Waals surface area contributed by atoms with Crippen molar-refractivity contribution < 1.29 is 8.42 Å². The molecule has 0 radical (unpaired) electrons. The largest absolute Gasteiger partial charge is 0.335 e. The van der Waals surface area contributed by atoms with E-state index in [1.807, 2.05) is 0 Å².